The summed E-state index contributed by atoms with van der Waals surface area (Å²) in [6.45, 7) is 15.7. The Hall–Kier alpha value is -1.28. The van der Waals surface area contributed by atoms with E-state index in [9.17, 15) is 0 Å². The Bertz CT molecular complexity index is 563. The number of hydrogen-bond acceptors (Lipinski definition) is 3. The van der Waals surface area contributed by atoms with Crippen LogP contribution in [0.1, 0.15) is 53.5 Å². The van der Waals surface area contributed by atoms with Gasteiger partial charge in [0.15, 0.2) is 0 Å². The van der Waals surface area contributed by atoms with Gasteiger partial charge >= 0.3 is 0 Å². The molecular weight excluding hydrogens is 336 g/mol. The summed E-state index contributed by atoms with van der Waals surface area (Å²) in [5.74, 6) is 4.35. The average molecular weight is 375 g/mol. The van der Waals surface area contributed by atoms with Gasteiger partial charge in [-0.2, -0.15) is 0 Å². The number of hydrogen-bond donors (Lipinski definition) is 2. The van der Waals surface area contributed by atoms with E-state index in [1.54, 1.807) is 7.11 Å². The van der Waals surface area contributed by atoms with Gasteiger partial charge in [0.05, 0.1) is 7.11 Å². The van der Waals surface area contributed by atoms with Gasteiger partial charge in [-0.15, -0.1) is 11.5 Å². The van der Waals surface area contributed by atoms with Gasteiger partial charge in [0.25, 0.3) is 0 Å². The number of benzene rings is 1. The van der Waals surface area contributed by atoms with Gasteiger partial charge in [-0.25, -0.2) is 0 Å². The maximum atomic E-state index is 6.27. The third-order valence-corrected chi connectivity index (χ3v) is 11.8. The first-order valence-corrected chi connectivity index (χ1v) is 12.1. The highest BCUT2D eigenvalue weighted by atomic mass is 28.3. The molecule has 0 bridgehead atoms. The van der Waals surface area contributed by atoms with Gasteiger partial charge in [0.2, 0.25) is 0 Å². The lowest BCUT2D eigenvalue weighted by atomic mass is 10.2. The first-order chi connectivity index (χ1) is 12.2. The Kier molecular flexibility index (Phi) is 9.42. The van der Waals surface area contributed by atoms with E-state index < -0.39 is 8.07 Å². The molecule has 0 unspecified atom stereocenters. The van der Waals surface area contributed by atoms with E-state index in [0.29, 0.717) is 16.6 Å². The van der Waals surface area contributed by atoms with Crippen molar-refractivity contribution in [3.05, 3.63) is 29.8 Å². The van der Waals surface area contributed by atoms with Crippen molar-refractivity contribution in [2.45, 2.75) is 77.2 Å². The van der Waals surface area contributed by atoms with Crippen LogP contribution in [-0.4, -0.2) is 27.8 Å². The molecule has 0 fully saturated rings. The Morgan fingerprint density at radius 1 is 1.00 bits per heavy atom. The molecule has 1 rings (SSSR count). The van der Waals surface area contributed by atoms with Crippen LogP contribution in [0.4, 0.5) is 0 Å². The molecule has 1 aromatic carbocycles. The van der Waals surface area contributed by atoms with Gasteiger partial charge in [-0.3, -0.25) is 0 Å². The van der Waals surface area contributed by atoms with E-state index in [1.807, 2.05) is 12.1 Å². The number of nitrogens with two attached hydrogens (primary N) is 1. The fourth-order valence-electron chi connectivity index (χ4n) is 3.99. The average Bonchev–Trinajstić information content (AvgIpc) is 2.58. The molecule has 4 heteroatoms. The monoisotopic (exact) mass is 374 g/mol. The third kappa shape index (κ3) is 6.16. The van der Waals surface area contributed by atoms with Crippen LogP contribution >= 0.6 is 0 Å². The van der Waals surface area contributed by atoms with E-state index in [2.05, 4.69) is 70.5 Å². The molecule has 0 heterocycles. The van der Waals surface area contributed by atoms with Gasteiger partial charge in [-0.1, -0.05) is 53.7 Å². The van der Waals surface area contributed by atoms with Gasteiger partial charge in [0.1, 0.15) is 13.8 Å². The fraction of sp³-hybridized carbons (Fsp3) is 0.636. The number of rotatable bonds is 9. The Morgan fingerprint density at radius 2 is 1.54 bits per heavy atom. The smallest absolute Gasteiger partial charge is 0.145 e. The molecule has 3 N–H and O–H groups in total. The third-order valence-electron chi connectivity index (χ3n) is 5.43. The Labute approximate surface area is 162 Å². The molecule has 26 heavy (non-hydrogen) atoms. The van der Waals surface area contributed by atoms with E-state index in [-0.39, 0.29) is 6.04 Å². The van der Waals surface area contributed by atoms with Crippen molar-refractivity contribution in [1.29, 1.82) is 0 Å². The van der Waals surface area contributed by atoms with Crippen molar-refractivity contribution in [2.24, 2.45) is 5.73 Å². The summed E-state index contributed by atoms with van der Waals surface area (Å²) in [6.07, 6.45) is 0.760. The second kappa shape index (κ2) is 10.8. The summed E-state index contributed by atoms with van der Waals surface area (Å²) >= 11 is 0. The molecule has 0 spiro atoms. The molecule has 0 amide bonds. The van der Waals surface area contributed by atoms with Crippen LogP contribution in [0.2, 0.25) is 16.6 Å². The molecule has 146 valence electrons. The predicted molar refractivity (Wildman–Crippen MR) is 116 cm³/mol. The standard InChI is InChI=1S/C22H38N2OSi/c1-17(2)26(18(3)4,19(5)6)14-8-9-21(23)16-24-15-20-10-12-22(25-7)13-11-20/h10-13,17-19,21,24H,9,15-16,23H2,1-7H3/t21-/m0/s1. The number of nitrogens with one attached hydrogen (secondary N) is 1. The Balaban J connectivity index is 2.55. The first-order valence-electron chi connectivity index (χ1n) is 9.83. The van der Waals surface area contributed by atoms with Crippen molar-refractivity contribution in [2.75, 3.05) is 13.7 Å². The summed E-state index contributed by atoms with van der Waals surface area (Å²) in [7, 11) is 0.0469. The van der Waals surface area contributed by atoms with Crippen LogP contribution in [0.25, 0.3) is 0 Å². The molecule has 0 radical (unpaired) electrons. The second-order valence-corrected chi connectivity index (χ2v) is 13.7. The maximum absolute atomic E-state index is 6.27. The van der Waals surface area contributed by atoms with Crippen molar-refractivity contribution >= 4 is 8.07 Å². The summed E-state index contributed by atoms with van der Waals surface area (Å²) < 4.78 is 5.18. The minimum atomic E-state index is -1.64. The van der Waals surface area contributed by atoms with Crippen LogP contribution in [0.3, 0.4) is 0 Å². The number of ether oxygens (including phenoxy) is 1. The van der Waals surface area contributed by atoms with E-state index in [4.69, 9.17) is 10.5 Å². The highest BCUT2D eigenvalue weighted by Gasteiger charge is 2.41. The highest BCUT2D eigenvalue weighted by Crippen LogP contribution is 2.40. The maximum Gasteiger partial charge on any atom is 0.145 e. The van der Waals surface area contributed by atoms with Crippen LogP contribution < -0.4 is 15.8 Å². The highest BCUT2D eigenvalue weighted by molar-refractivity contribution is 6.90. The zero-order valence-electron chi connectivity index (χ0n) is 17.7. The molecular formula is C22H38N2OSi. The molecule has 0 aliphatic rings. The van der Waals surface area contributed by atoms with Gasteiger partial charge in [-0.05, 0) is 34.3 Å². The van der Waals surface area contributed by atoms with Crippen molar-refractivity contribution in [3.8, 4) is 17.2 Å². The molecule has 0 aliphatic heterocycles. The van der Waals surface area contributed by atoms with E-state index >= 15 is 0 Å². The summed E-state index contributed by atoms with van der Waals surface area (Å²) in [6, 6.07) is 8.18. The summed E-state index contributed by atoms with van der Waals surface area (Å²) in [5, 5.41) is 3.43. The summed E-state index contributed by atoms with van der Waals surface area (Å²) in [5.41, 5.74) is 13.3. The fourth-order valence-corrected chi connectivity index (χ4v) is 9.26. The molecule has 1 atom stereocenters. The summed E-state index contributed by atoms with van der Waals surface area (Å²) in [4.78, 5) is 0. The lowest BCUT2D eigenvalue weighted by molar-refractivity contribution is 0.414. The van der Waals surface area contributed by atoms with Crippen LogP contribution in [0.5, 0.6) is 5.75 Å². The SMILES string of the molecule is COc1ccc(CNC[C@@H](N)CC#C[Si](C(C)C)(C(C)C)C(C)C)cc1. The molecule has 0 aromatic heterocycles. The molecule has 0 saturated heterocycles. The Morgan fingerprint density at radius 3 is 2.00 bits per heavy atom. The minimum absolute atomic E-state index is 0.0685. The molecule has 0 saturated carbocycles. The number of methoxy groups -OCH3 is 1. The van der Waals surface area contributed by atoms with E-state index in [0.717, 1.165) is 25.3 Å². The lowest BCUT2D eigenvalue weighted by Gasteiger charge is -2.38. The van der Waals surface area contributed by atoms with Crippen molar-refractivity contribution in [1.82, 2.24) is 5.32 Å². The van der Waals surface area contributed by atoms with Crippen LogP contribution in [0, 0.1) is 11.5 Å². The van der Waals surface area contributed by atoms with Gasteiger partial charge < -0.3 is 15.8 Å². The minimum Gasteiger partial charge on any atom is -0.497 e. The predicted octanol–water partition coefficient (Wildman–Crippen LogP) is 4.72. The molecule has 3 nitrogen and oxygen atoms in total. The largest absolute Gasteiger partial charge is 0.497 e. The zero-order valence-corrected chi connectivity index (χ0v) is 18.7. The zero-order chi connectivity index (χ0) is 19.7. The molecule has 0 aliphatic carbocycles. The second-order valence-electron chi connectivity index (χ2n) is 8.14. The van der Waals surface area contributed by atoms with E-state index in [1.165, 1.54) is 5.56 Å². The quantitative estimate of drug-likeness (QED) is 0.485. The molecule has 1 aromatic rings. The first kappa shape index (κ1) is 22.8. The topological polar surface area (TPSA) is 47.3 Å². The van der Waals surface area contributed by atoms with Gasteiger partial charge in [0, 0.05) is 25.6 Å². The van der Waals surface area contributed by atoms with Crippen molar-refractivity contribution in [3.63, 3.8) is 0 Å². The van der Waals surface area contributed by atoms with Crippen LogP contribution in [-0.2, 0) is 6.54 Å². The van der Waals surface area contributed by atoms with Crippen molar-refractivity contribution < 1.29 is 4.74 Å². The normalized spacial score (nSPS) is 13.0. The lowest BCUT2D eigenvalue weighted by Crippen LogP contribution is -2.43. The van der Waals surface area contributed by atoms with Crippen LogP contribution in [0.15, 0.2) is 24.3 Å².